The molecule has 0 aliphatic carbocycles. The maximum absolute atomic E-state index is 5.80. The van der Waals surface area contributed by atoms with E-state index in [0.717, 1.165) is 25.2 Å². The van der Waals surface area contributed by atoms with Crippen LogP contribution in [0, 0.1) is 0 Å². The number of nitrogens with one attached hydrogen (secondary N) is 1. The Labute approximate surface area is 118 Å². The highest BCUT2D eigenvalue weighted by atomic mass is 32.1. The SMILES string of the molecule is CC(C)(C)c1nc2cc(C3CNCCO3)ccc2s1. The van der Waals surface area contributed by atoms with Crippen molar-refractivity contribution in [2.45, 2.75) is 32.3 Å². The van der Waals surface area contributed by atoms with Gasteiger partial charge in [0.25, 0.3) is 0 Å². The molecular weight excluding hydrogens is 256 g/mol. The van der Waals surface area contributed by atoms with Gasteiger partial charge in [-0.3, -0.25) is 0 Å². The third-order valence-electron chi connectivity index (χ3n) is 3.35. The van der Waals surface area contributed by atoms with Crippen molar-refractivity contribution in [2.24, 2.45) is 0 Å². The Hall–Kier alpha value is -0.970. The van der Waals surface area contributed by atoms with Gasteiger partial charge in [0.2, 0.25) is 0 Å². The van der Waals surface area contributed by atoms with Crippen molar-refractivity contribution in [3.63, 3.8) is 0 Å². The van der Waals surface area contributed by atoms with Crippen LogP contribution in [0.2, 0.25) is 0 Å². The van der Waals surface area contributed by atoms with Gasteiger partial charge in [0, 0.05) is 18.5 Å². The van der Waals surface area contributed by atoms with Gasteiger partial charge in [-0.1, -0.05) is 26.8 Å². The number of hydrogen-bond acceptors (Lipinski definition) is 4. The number of nitrogens with zero attached hydrogens (tertiary/aromatic N) is 1. The molecule has 2 aromatic rings. The first-order chi connectivity index (χ1) is 9.04. The maximum atomic E-state index is 5.80. The number of aromatic nitrogens is 1. The summed E-state index contributed by atoms with van der Waals surface area (Å²) in [7, 11) is 0. The fraction of sp³-hybridized carbons (Fsp3) is 0.533. The minimum Gasteiger partial charge on any atom is -0.371 e. The van der Waals surface area contributed by atoms with Crippen molar-refractivity contribution >= 4 is 21.6 Å². The van der Waals surface area contributed by atoms with Crippen molar-refractivity contribution in [2.75, 3.05) is 19.7 Å². The highest BCUT2D eigenvalue weighted by Gasteiger charge is 2.20. The van der Waals surface area contributed by atoms with Crippen molar-refractivity contribution in [3.8, 4) is 0 Å². The normalized spacial score (nSPS) is 20.9. The number of rotatable bonds is 1. The first-order valence-electron chi connectivity index (χ1n) is 6.77. The summed E-state index contributed by atoms with van der Waals surface area (Å²) >= 11 is 1.79. The maximum Gasteiger partial charge on any atom is 0.0992 e. The van der Waals surface area contributed by atoms with E-state index in [1.54, 1.807) is 11.3 Å². The van der Waals surface area contributed by atoms with E-state index in [-0.39, 0.29) is 11.5 Å². The highest BCUT2D eigenvalue weighted by Crippen LogP contribution is 2.32. The number of benzene rings is 1. The van der Waals surface area contributed by atoms with Crippen LogP contribution in [-0.2, 0) is 10.2 Å². The van der Waals surface area contributed by atoms with E-state index in [9.17, 15) is 0 Å². The Kier molecular flexibility index (Phi) is 3.33. The predicted molar refractivity (Wildman–Crippen MR) is 79.9 cm³/mol. The second-order valence-corrected chi connectivity index (χ2v) is 7.09. The number of hydrogen-bond donors (Lipinski definition) is 1. The molecule has 0 bridgehead atoms. The molecule has 0 radical (unpaired) electrons. The Morgan fingerprint density at radius 3 is 2.89 bits per heavy atom. The van der Waals surface area contributed by atoms with Crippen LogP contribution in [-0.4, -0.2) is 24.7 Å². The summed E-state index contributed by atoms with van der Waals surface area (Å²) in [5, 5.41) is 4.56. The summed E-state index contributed by atoms with van der Waals surface area (Å²) in [5.41, 5.74) is 2.44. The van der Waals surface area contributed by atoms with Crippen molar-refractivity contribution in [3.05, 3.63) is 28.8 Å². The van der Waals surface area contributed by atoms with Gasteiger partial charge in [-0.25, -0.2) is 4.98 Å². The van der Waals surface area contributed by atoms with Gasteiger partial charge in [-0.15, -0.1) is 11.3 Å². The lowest BCUT2D eigenvalue weighted by molar-refractivity contribution is 0.0278. The Bertz CT molecular complexity index is 579. The average Bonchev–Trinajstić information content (AvgIpc) is 2.82. The highest BCUT2D eigenvalue weighted by molar-refractivity contribution is 7.18. The minimum atomic E-state index is 0.118. The lowest BCUT2D eigenvalue weighted by Gasteiger charge is -2.23. The first kappa shape index (κ1) is 13.0. The van der Waals surface area contributed by atoms with E-state index in [1.165, 1.54) is 15.3 Å². The molecule has 1 aliphatic heterocycles. The van der Waals surface area contributed by atoms with E-state index >= 15 is 0 Å². The van der Waals surface area contributed by atoms with Crippen LogP contribution < -0.4 is 5.32 Å². The fourth-order valence-electron chi connectivity index (χ4n) is 2.25. The fourth-order valence-corrected chi connectivity index (χ4v) is 3.25. The molecule has 3 nitrogen and oxygen atoms in total. The summed E-state index contributed by atoms with van der Waals surface area (Å²) < 4.78 is 7.06. The average molecular weight is 276 g/mol. The lowest BCUT2D eigenvalue weighted by atomic mass is 9.98. The number of thiazole rings is 1. The predicted octanol–water partition coefficient (Wildman–Crippen LogP) is 3.25. The molecule has 1 unspecified atom stereocenters. The second-order valence-electron chi connectivity index (χ2n) is 6.06. The van der Waals surface area contributed by atoms with Crippen LogP contribution in [0.1, 0.15) is 37.4 Å². The molecular formula is C15H20N2OS. The van der Waals surface area contributed by atoms with Crippen LogP contribution in [0.4, 0.5) is 0 Å². The van der Waals surface area contributed by atoms with Crippen molar-refractivity contribution in [1.29, 1.82) is 0 Å². The molecule has 2 heterocycles. The van der Waals surface area contributed by atoms with Gasteiger partial charge < -0.3 is 10.1 Å². The molecule has 1 saturated heterocycles. The van der Waals surface area contributed by atoms with Gasteiger partial charge in [0.1, 0.15) is 0 Å². The molecule has 1 aromatic carbocycles. The summed E-state index contributed by atoms with van der Waals surface area (Å²) in [5.74, 6) is 0. The summed E-state index contributed by atoms with van der Waals surface area (Å²) in [4.78, 5) is 4.78. The van der Waals surface area contributed by atoms with Crippen molar-refractivity contribution < 1.29 is 4.74 Å². The summed E-state index contributed by atoms with van der Waals surface area (Å²) in [6.45, 7) is 9.25. The number of fused-ring (bicyclic) bond motifs is 1. The largest absolute Gasteiger partial charge is 0.371 e. The molecule has 1 aliphatic rings. The molecule has 0 amide bonds. The number of ether oxygens (including phenoxy) is 1. The van der Waals surface area contributed by atoms with Crippen LogP contribution in [0.5, 0.6) is 0 Å². The van der Waals surface area contributed by atoms with Crippen LogP contribution in [0.15, 0.2) is 18.2 Å². The standard InChI is InChI=1S/C15H20N2OS/c1-15(2,3)14-17-11-8-10(4-5-13(11)19-14)12-9-16-6-7-18-12/h4-5,8,12,16H,6-7,9H2,1-3H3. The Balaban J connectivity index is 1.96. The van der Waals surface area contributed by atoms with Gasteiger partial charge >= 0.3 is 0 Å². The second kappa shape index (κ2) is 4.85. The monoisotopic (exact) mass is 276 g/mol. The molecule has 102 valence electrons. The third kappa shape index (κ3) is 2.66. The topological polar surface area (TPSA) is 34.2 Å². The third-order valence-corrected chi connectivity index (χ3v) is 4.81. The molecule has 1 aromatic heterocycles. The van der Waals surface area contributed by atoms with Gasteiger partial charge in [0.05, 0.1) is 27.9 Å². The quantitative estimate of drug-likeness (QED) is 0.868. The zero-order valence-corrected chi connectivity index (χ0v) is 12.5. The Morgan fingerprint density at radius 1 is 1.37 bits per heavy atom. The van der Waals surface area contributed by atoms with Gasteiger partial charge in [-0.2, -0.15) is 0 Å². The molecule has 4 heteroatoms. The van der Waals surface area contributed by atoms with E-state index in [2.05, 4.69) is 44.3 Å². The van der Waals surface area contributed by atoms with Crippen LogP contribution in [0.3, 0.4) is 0 Å². The molecule has 0 spiro atoms. The van der Waals surface area contributed by atoms with Gasteiger partial charge in [-0.05, 0) is 17.7 Å². The van der Waals surface area contributed by atoms with E-state index in [4.69, 9.17) is 9.72 Å². The van der Waals surface area contributed by atoms with Gasteiger partial charge in [0.15, 0.2) is 0 Å². The number of morpholine rings is 1. The molecule has 3 rings (SSSR count). The minimum absolute atomic E-state index is 0.118. The summed E-state index contributed by atoms with van der Waals surface area (Å²) in [6, 6.07) is 6.53. The van der Waals surface area contributed by atoms with E-state index in [0.29, 0.717) is 0 Å². The molecule has 0 saturated carbocycles. The molecule has 1 N–H and O–H groups in total. The lowest BCUT2D eigenvalue weighted by Crippen LogP contribution is -2.33. The van der Waals surface area contributed by atoms with E-state index < -0.39 is 0 Å². The van der Waals surface area contributed by atoms with Crippen LogP contribution >= 0.6 is 11.3 Å². The van der Waals surface area contributed by atoms with Crippen molar-refractivity contribution in [1.82, 2.24) is 10.3 Å². The Morgan fingerprint density at radius 2 is 2.21 bits per heavy atom. The summed E-state index contributed by atoms with van der Waals surface area (Å²) in [6.07, 6.45) is 0.165. The first-order valence-corrected chi connectivity index (χ1v) is 7.59. The molecule has 1 fully saturated rings. The van der Waals surface area contributed by atoms with Crippen LogP contribution in [0.25, 0.3) is 10.2 Å². The zero-order valence-electron chi connectivity index (χ0n) is 11.7. The smallest absolute Gasteiger partial charge is 0.0992 e. The molecule has 19 heavy (non-hydrogen) atoms. The zero-order chi connectivity index (χ0) is 13.5. The van der Waals surface area contributed by atoms with E-state index in [1.807, 2.05) is 0 Å². The molecule has 1 atom stereocenters.